The molecule has 0 saturated carbocycles. The lowest BCUT2D eigenvalue weighted by Gasteiger charge is -2.24. The number of hydrogen-bond donors (Lipinski definition) is 1. The van der Waals surface area contributed by atoms with E-state index in [0.29, 0.717) is 25.0 Å². The Labute approximate surface area is 99.8 Å². The van der Waals surface area contributed by atoms with Crippen LogP contribution in [0.5, 0.6) is 0 Å². The summed E-state index contributed by atoms with van der Waals surface area (Å²) in [7, 11) is 0. The Hall–Kier alpha value is -1.42. The number of carbonyl (C=O) groups excluding carboxylic acids is 1. The van der Waals surface area contributed by atoms with E-state index in [1.807, 2.05) is 6.07 Å². The van der Waals surface area contributed by atoms with Crippen molar-refractivity contribution in [2.24, 2.45) is 5.73 Å². The summed E-state index contributed by atoms with van der Waals surface area (Å²) in [6.45, 7) is 2.06. The van der Waals surface area contributed by atoms with Crippen molar-refractivity contribution in [2.45, 2.75) is 31.7 Å². The van der Waals surface area contributed by atoms with Gasteiger partial charge in [-0.25, -0.2) is 4.39 Å². The highest BCUT2D eigenvalue weighted by atomic mass is 19.1. The number of rotatable bonds is 3. The monoisotopic (exact) mass is 237 g/mol. The lowest BCUT2D eigenvalue weighted by atomic mass is 9.89. The van der Waals surface area contributed by atoms with E-state index < -0.39 is 5.54 Å². The number of halogens is 1. The standard InChI is InChI=1S/C13H16FNO2/c1-2-17-11(16)8-13(15)7-6-9-4-3-5-10(14)12(9)13/h3-5H,2,6-8,15H2,1H3/t13-/m0/s1. The average molecular weight is 237 g/mol. The molecule has 0 bridgehead atoms. The van der Waals surface area contributed by atoms with Crippen LogP contribution in [0.3, 0.4) is 0 Å². The van der Waals surface area contributed by atoms with Gasteiger partial charge in [-0.15, -0.1) is 0 Å². The lowest BCUT2D eigenvalue weighted by molar-refractivity contribution is -0.144. The minimum atomic E-state index is -0.910. The third-order valence-electron chi connectivity index (χ3n) is 3.20. The SMILES string of the molecule is CCOC(=O)C[C@@]1(N)CCc2cccc(F)c21. The van der Waals surface area contributed by atoms with E-state index in [1.54, 1.807) is 13.0 Å². The van der Waals surface area contributed by atoms with Crippen molar-refractivity contribution in [3.05, 3.63) is 35.1 Å². The molecule has 2 N–H and O–H groups in total. The van der Waals surface area contributed by atoms with Crippen molar-refractivity contribution < 1.29 is 13.9 Å². The van der Waals surface area contributed by atoms with Crippen LogP contribution in [0.1, 0.15) is 30.9 Å². The fourth-order valence-electron chi connectivity index (χ4n) is 2.46. The van der Waals surface area contributed by atoms with E-state index in [4.69, 9.17) is 10.5 Å². The number of nitrogens with two attached hydrogens (primary N) is 1. The normalized spacial score (nSPS) is 22.3. The zero-order valence-corrected chi connectivity index (χ0v) is 9.83. The van der Waals surface area contributed by atoms with Gasteiger partial charge in [0.15, 0.2) is 0 Å². The first kappa shape index (κ1) is 12.0. The van der Waals surface area contributed by atoms with Crippen molar-refractivity contribution in [1.82, 2.24) is 0 Å². The Morgan fingerprint density at radius 2 is 2.35 bits per heavy atom. The fourth-order valence-corrected chi connectivity index (χ4v) is 2.46. The molecule has 3 nitrogen and oxygen atoms in total. The molecule has 92 valence electrons. The lowest BCUT2D eigenvalue weighted by Crippen LogP contribution is -2.38. The minimum Gasteiger partial charge on any atom is -0.466 e. The van der Waals surface area contributed by atoms with Crippen molar-refractivity contribution in [3.8, 4) is 0 Å². The van der Waals surface area contributed by atoms with Gasteiger partial charge in [0.05, 0.1) is 18.6 Å². The zero-order valence-electron chi connectivity index (χ0n) is 9.83. The molecule has 17 heavy (non-hydrogen) atoms. The molecular formula is C13H16FNO2. The first-order valence-electron chi connectivity index (χ1n) is 5.79. The summed E-state index contributed by atoms with van der Waals surface area (Å²) in [4.78, 5) is 11.5. The molecule has 1 aliphatic rings. The van der Waals surface area contributed by atoms with E-state index >= 15 is 0 Å². The van der Waals surface area contributed by atoms with E-state index in [2.05, 4.69) is 0 Å². The quantitative estimate of drug-likeness (QED) is 0.817. The van der Waals surface area contributed by atoms with Crippen molar-refractivity contribution in [1.29, 1.82) is 0 Å². The first-order chi connectivity index (χ1) is 8.07. The summed E-state index contributed by atoms with van der Waals surface area (Å²) in [5, 5.41) is 0. The Kier molecular flexibility index (Phi) is 3.15. The summed E-state index contributed by atoms with van der Waals surface area (Å²) < 4.78 is 18.7. The van der Waals surface area contributed by atoms with Gasteiger partial charge in [0.2, 0.25) is 0 Å². The molecule has 0 unspecified atom stereocenters. The second-order valence-corrected chi connectivity index (χ2v) is 4.41. The molecule has 1 aromatic carbocycles. The van der Waals surface area contributed by atoms with Gasteiger partial charge in [0.1, 0.15) is 5.82 Å². The van der Waals surface area contributed by atoms with E-state index in [9.17, 15) is 9.18 Å². The number of ether oxygens (including phenoxy) is 1. The molecule has 0 fully saturated rings. The van der Waals surface area contributed by atoms with Crippen LogP contribution < -0.4 is 5.73 Å². The number of hydrogen-bond acceptors (Lipinski definition) is 3. The number of fused-ring (bicyclic) bond motifs is 1. The van der Waals surface area contributed by atoms with Crippen LogP contribution in [-0.2, 0) is 21.5 Å². The van der Waals surface area contributed by atoms with Crippen LogP contribution >= 0.6 is 0 Å². The molecule has 0 aliphatic heterocycles. The zero-order chi connectivity index (χ0) is 12.5. The number of benzene rings is 1. The van der Waals surface area contributed by atoms with Crippen molar-refractivity contribution >= 4 is 5.97 Å². The molecule has 1 aromatic rings. The Bertz CT molecular complexity index is 447. The van der Waals surface area contributed by atoms with E-state index in [0.717, 1.165) is 5.56 Å². The average Bonchev–Trinajstić information content (AvgIpc) is 2.58. The predicted octanol–water partition coefficient (Wildman–Crippen LogP) is 1.88. The summed E-state index contributed by atoms with van der Waals surface area (Å²) in [5.74, 6) is -0.696. The Morgan fingerprint density at radius 3 is 3.06 bits per heavy atom. The third-order valence-corrected chi connectivity index (χ3v) is 3.20. The van der Waals surface area contributed by atoms with Gasteiger partial charge in [-0.3, -0.25) is 4.79 Å². The van der Waals surface area contributed by atoms with Gasteiger partial charge in [0, 0.05) is 5.56 Å². The number of carbonyl (C=O) groups is 1. The van der Waals surface area contributed by atoms with Crippen LogP contribution in [-0.4, -0.2) is 12.6 Å². The molecular weight excluding hydrogens is 221 g/mol. The molecule has 1 aliphatic carbocycles. The number of aryl methyl sites for hydroxylation is 1. The van der Waals surface area contributed by atoms with Gasteiger partial charge in [-0.05, 0) is 31.4 Å². The van der Waals surface area contributed by atoms with Gasteiger partial charge < -0.3 is 10.5 Å². The minimum absolute atomic E-state index is 0.0365. The van der Waals surface area contributed by atoms with Crippen LogP contribution in [0.15, 0.2) is 18.2 Å². The Balaban J connectivity index is 2.28. The second-order valence-electron chi connectivity index (χ2n) is 4.41. The topological polar surface area (TPSA) is 52.3 Å². The molecule has 0 aromatic heterocycles. The smallest absolute Gasteiger partial charge is 0.307 e. The maximum atomic E-state index is 13.8. The molecule has 0 amide bonds. The van der Waals surface area contributed by atoms with E-state index in [-0.39, 0.29) is 18.2 Å². The van der Waals surface area contributed by atoms with E-state index in [1.165, 1.54) is 6.07 Å². The summed E-state index contributed by atoms with van der Waals surface area (Å²) in [6, 6.07) is 4.92. The molecule has 0 saturated heterocycles. The van der Waals surface area contributed by atoms with Gasteiger partial charge in [-0.2, -0.15) is 0 Å². The second kappa shape index (κ2) is 4.45. The van der Waals surface area contributed by atoms with Crippen LogP contribution in [0, 0.1) is 5.82 Å². The fraction of sp³-hybridized carbons (Fsp3) is 0.462. The summed E-state index contributed by atoms with van der Waals surface area (Å²) >= 11 is 0. The van der Waals surface area contributed by atoms with Crippen molar-refractivity contribution in [3.63, 3.8) is 0 Å². The first-order valence-corrected chi connectivity index (χ1v) is 5.79. The summed E-state index contributed by atoms with van der Waals surface area (Å²) in [6.07, 6.45) is 1.33. The molecule has 4 heteroatoms. The van der Waals surface area contributed by atoms with Crippen molar-refractivity contribution in [2.75, 3.05) is 6.61 Å². The van der Waals surface area contributed by atoms with Gasteiger partial charge in [0.25, 0.3) is 0 Å². The number of esters is 1. The highest BCUT2D eigenvalue weighted by molar-refractivity contribution is 5.72. The van der Waals surface area contributed by atoms with Crippen LogP contribution in [0.4, 0.5) is 4.39 Å². The molecule has 0 heterocycles. The maximum Gasteiger partial charge on any atom is 0.307 e. The maximum absolute atomic E-state index is 13.8. The van der Waals surface area contributed by atoms with Crippen LogP contribution in [0.25, 0.3) is 0 Å². The molecule has 2 rings (SSSR count). The molecule has 0 spiro atoms. The highest BCUT2D eigenvalue weighted by Crippen LogP contribution is 2.39. The largest absolute Gasteiger partial charge is 0.466 e. The third kappa shape index (κ3) is 2.17. The molecule has 0 radical (unpaired) electrons. The summed E-state index contributed by atoms with van der Waals surface area (Å²) in [5.41, 5.74) is 6.63. The highest BCUT2D eigenvalue weighted by Gasteiger charge is 2.39. The Morgan fingerprint density at radius 1 is 1.59 bits per heavy atom. The molecule has 1 atom stereocenters. The van der Waals surface area contributed by atoms with Gasteiger partial charge in [-0.1, -0.05) is 12.1 Å². The van der Waals surface area contributed by atoms with Crippen LogP contribution in [0.2, 0.25) is 0 Å². The predicted molar refractivity (Wildman–Crippen MR) is 61.8 cm³/mol. The van der Waals surface area contributed by atoms with Gasteiger partial charge >= 0.3 is 5.97 Å².